The molecule has 7 nitrogen and oxygen atoms in total. The van der Waals surface area contributed by atoms with Gasteiger partial charge in [0.05, 0.1) is 28.7 Å². The maximum atomic E-state index is 13.7. The number of sulfonamides is 1. The quantitative estimate of drug-likeness (QED) is 0.403. The number of carbonyl (C=O) groups excluding carboxylic acids is 1. The van der Waals surface area contributed by atoms with E-state index in [2.05, 4.69) is 22.0 Å². The summed E-state index contributed by atoms with van der Waals surface area (Å²) in [4.78, 5) is 26.2. The maximum Gasteiger partial charge on any atom is 0.268 e. The van der Waals surface area contributed by atoms with Crippen LogP contribution in [0.4, 0.5) is 11.4 Å². The Labute approximate surface area is 210 Å². The fraction of sp³-hybridized carbons (Fsp3) is 0.120. The van der Waals surface area contributed by atoms with Crippen LogP contribution in [0.1, 0.15) is 5.56 Å². The molecule has 10 heteroatoms. The third-order valence-corrected chi connectivity index (χ3v) is 9.21. The Morgan fingerprint density at radius 1 is 1.06 bits per heavy atom. The summed E-state index contributed by atoms with van der Waals surface area (Å²) >= 11 is 1.37. The number of amidine groups is 1. The Balaban J connectivity index is 1.55. The molecule has 0 spiro atoms. The second kappa shape index (κ2) is 9.44. The van der Waals surface area contributed by atoms with Gasteiger partial charge in [-0.3, -0.25) is 19.4 Å². The van der Waals surface area contributed by atoms with Gasteiger partial charge in [0.2, 0.25) is 10.0 Å². The van der Waals surface area contributed by atoms with Crippen LogP contribution in [0.2, 0.25) is 0 Å². The first kappa shape index (κ1) is 23.5. The van der Waals surface area contributed by atoms with E-state index in [-0.39, 0.29) is 16.4 Å². The van der Waals surface area contributed by atoms with Crippen LogP contribution >= 0.6 is 22.2 Å². The van der Waals surface area contributed by atoms with E-state index in [1.54, 1.807) is 35.4 Å². The van der Waals surface area contributed by atoms with Crippen LogP contribution in [0, 0.1) is 4.51 Å². The Kier molecular flexibility index (Phi) is 6.35. The molecule has 0 radical (unpaired) electrons. The Morgan fingerprint density at radius 2 is 1.80 bits per heavy atom. The molecule has 1 atom stereocenters. The van der Waals surface area contributed by atoms with E-state index >= 15 is 0 Å². The summed E-state index contributed by atoms with van der Waals surface area (Å²) in [6.45, 7) is 0.401. The van der Waals surface area contributed by atoms with Crippen molar-refractivity contribution in [1.82, 2.24) is 9.88 Å². The third-order valence-electron chi connectivity index (χ3n) is 5.39. The number of anilines is 1. The summed E-state index contributed by atoms with van der Waals surface area (Å²) in [5.74, 6) is -0.0774. The Bertz CT molecular complexity index is 1610. The number of amides is 1. The normalized spacial score (nSPS) is 20.7. The maximum absolute atomic E-state index is 13.7. The molecule has 35 heavy (non-hydrogen) atoms. The zero-order chi connectivity index (χ0) is 24.6. The SMILES string of the molecule is CS1=c2cccnc2=CC1=C1SC(=Nc2ccc(NS(C)(=O)=O)cc2)N(Cc2ccccc2)C1=O. The van der Waals surface area contributed by atoms with Crippen LogP contribution in [-0.2, 0) is 21.4 Å². The zero-order valence-corrected chi connectivity index (χ0v) is 21.5. The molecule has 0 bridgehead atoms. The van der Waals surface area contributed by atoms with Gasteiger partial charge in [0.1, 0.15) is 0 Å². The standard InChI is InChI=1S/C25H22N4O3S3/c1-34-21-9-6-14-26-20(21)15-22(34)23-24(30)29(16-17-7-4-3-5-8-17)25(33-23)27-18-10-12-19(13-11-18)28-35(2,31)32/h3-15,28H,16H2,1-2H3. The van der Waals surface area contributed by atoms with Gasteiger partial charge in [0, 0.05) is 21.3 Å². The number of pyridine rings is 1. The number of aliphatic imine (C=N–C) groups is 1. The van der Waals surface area contributed by atoms with Gasteiger partial charge in [-0.1, -0.05) is 30.3 Å². The van der Waals surface area contributed by atoms with E-state index in [1.165, 1.54) is 11.8 Å². The monoisotopic (exact) mass is 522 g/mol. The molecule has 1 unspecified atom stereocenters. The average Bonchev–Trinajstić information content (AvgIpc) is 3.32. The van der Waals surface area contributed by atoms with E-state index in [1.807, 2.05) is 42.5 Å². The number of rotatable bonds is 5. The van der Waals surface area contributed by atoms with E-state index in [0.717, 1.165) is 26.6 Å². The van der Waals surface area contributed by atoms with Crippen molar-refractivity contribution in [3.8, 4) is 0 Å². The second-order valence-electron chi connectivity index (χ2n) is 8.03. The van der Waals surface area contributed by atoms with Crippen LogP contribution in [0.3, 0.4) is 0 Å². The molecule has 1 aromatic heterocycles. The lowest BCUT2D eigenvalue weighted by Gasteiger charge is -2.16. The summed E-state index contributed by atoms with van der Waals surface area (Å²) < 4.78 is 26.6. The highest BCUT2D eigenvalue weighted by molar-refractivity contribution is 8.20. The van der Waals surface area contributed by atoms with Crippen molar-refractivity contribution in [2.45, 2.75) is 6.54 Å². The van der Waals surface area contributed by atoms with Gasteiger partial charge in [-0.25, -0.2) is 13.4 Å². The summed E-state index contributed by atoms with van der Waals surface area (Å²) in [5.41, 5.74) is 2.08. The van der Waals surface area contributed by atoms with E-state index in [0.29, 0.717) is 28.0 Å². The van der Waals surface area contributed by atoms with Crippen molar-refractivity contribution < 1.29 is 13.2 Å². The van der Waals surface area contributed by atoms with Crippen molar-refractivity contribution in [3.05, 3.63) is 98.2 Å². The number of hydrogen-bond acceptors (Lipinski definition) is 6. The van der Waals surface area contributed by atoms with Crippen molar-refractivity contribution in [3.63, 3.8) is 0 Å². The van der Waals surface area contributed by atoms with Crippen LogP contribution in [-0.4, -0.2) is 41.9 Å². The highest BCUT2D eigenvalue weighted by atomic mass is 32.2. The molecule has 1 saturated heterocycles. The van der Waals surface area contributed by atoms with E-state index in [9.17, 15) is 13.2 Å². The van der Waals surface area contributed by atoms with Gasteiger partial charge in [0.25, 0.3) is 5.91 Å². The number of fused-ring (bicyclic) bond motifs is 1. The van der Waals surface area contributed by atoms with E-state index < -0.39 is 10.0 Å². The minimum atomic E-state index is -3.36. The topological polar surface area (TPSA) is 91.7 Å². The first-order valence-electron chi connectivity index (χ1n) is 10.7. The fourth-order valence-corrected chi connectivity index (χ4v) is 7.39. The summed E-state index contributed by atoms with van der Waals surface area (Å²) in [6.07, 6.45) is 6.99. The van der Waals surface area contributed by atoms with Crippen LogP contribution < -0.4 is 10.1 Å². The number of aromatic nitrogens is 1. The lowest BCUT2D eigenvalue weighted by molar-refractivity contribution is -0.122. The highest BCUT2D eigenvalue weighted by Crippen LogP contribution is 2.42. The number of nitrogens with zero attached hydrogens (tertiary/aromatic N) is 3. The van der Waals surface area contributed by atoms with Crippen molar-refractivity contribution >= 4 is 60.8 Å². The lowest BCUT2D eigenvalue weighted by atomic mass is 10.2. The molecular weight excluding hydrogens is 501 g/mol. The van der Waals surface area contributed by atoms with Crippen LogP contribution in [0.25, 0.3) is 6.08 Å². The van der Waals surface area contributed by atoms with Gasteiger partial charge in [-0.05, 0) is 66.1 Å². The lowest BCUT2D eigenvalue weighted by Crippen LogP contribution is -2.28. The van der Waals surface area contributed by atoms with Gasteiger partial charge in [0.15, 0.2) is 5.17 Å². The third kappa shape index (κ3) is 5.09. The van der Waals surface area contributed by atoms with Gasteiger partial charge >= 0.3 is 0 Å². The summed E-state index contributed by atoms with van der Waals surface area (Å²) in [5, 5.41) is 1.49. The molecule has 1 amide bonds. The molecule has 2 aromatic carbocycles. The average molecular weight is 523 g/mol. The van der Waals surface area contributed by atoms with Crippen molar-refractivity contribution in [1.29, 1.82) is 0 Å². The molecule has 1 fully saturated rings. The Hall–Kier alpha value is -3.21. The molecule has 2 aliphatic heterocycles. The zero-order valence-electron chi connectivity index (χ0n) is 19.0. The van der Waals surface area contributed by atoms with Crippen molar-refractivity contribution in [2.75, 3.05) is 17.2 Å². The number of thioether (sulfide) groups is 1. The number of nitrogens with one attached hydrogen (secondary N) is 1. The molecule has 0 aliphatic carbocycles. The number of hydrogen-bond donors (Lipinski definition) is 1. The Morgan fingerprint density at radius 3 is 2.49 bits per heavy atom. The number of carbonyl (C=O) groups is 1. The summed E-state index contributed by atoms with van der Waals surface area (Å²) in [7, 11) is -3.62. The molecule has 5 rings (SSSR count). The predicted molar refractivity (Wildman–Crippen MR) is 144 cm³/mol. The largest absolute Gasteiger partial charge is 0.284 e. The van der Waals surface area contributed by atoms with Gasteiger partial charge in [-0.15, -0.1) is 10.5 Å². The number of allylic oxidation sites excluding steroid dienone is 1. The highest BCUT2D eigenvalue weighted by Gasteiger charge is 2.36. The molecular formula is C25H22N4O3S3. The van der Waals surface area contributed by atoms with Crippen LogP contribution in [0.15, 0.2) is 87.7 Å². The molecule has 3 aromatic rings. The predicted octanol–water partition coefficient (Wildman–Crippen LogP) is 4.07. The molecule has 178 valence electrons. The first-order chi connectivity index (χ1) is 16.8. The van der Waals surface area contributed by atoms with E-state index in [4.69, 9.17) is 4.99 Å². The van der Waals surface area contributed by atoms with Crippen LogP contribution in [0.5, 0.6) is 0 Å². The second-order valence-corrected chi connectivity index (χ2v) is 12.7. The molecule has 2 aliphatic rings. The minimum absolute atomic E-state index is 0.0774. The van der Waals surface area contributed by atoms with Gasteiger partial charge in [-0.2, -0.15) is 0 Å². The van der Waals surface area contributed by atoms with Crippen molar-refractivity contribution in [2.24, 2.45) is 4.99 Å². The molecule has 0 saturated carbocycles. The summed E-state index contributed by atoms with van der Waals surface area (Å²) in [6, 6.07) is 20.5. The number of benzene rings is 2. The smallest absolute Gasteiger partial charge is 0.268 e. The molecule has 3 heterocycles. The van der Waals surface area contributed by atoms with Gasteiger partial charge < -0.3 is 0 Å². The first-order valence-corrected chi connectivity index (χ1v) is 15.0. The fourth-order valence-electron chi connectivity index (χ4n) is 3.78. The minimum Gasteiger partial charge on any atom is -0.284 e. The molecule has 1 N–H and O–H groups in total.